The molecule has 0 aliphatic carbocycles. The molecule has 0 radical (unpaired) electrons. The molecule has 1 heterocycles. The van der Waals surface area contributed by atoms with Crippen LogP contribution in [0.4, 0.5) is 5.82 Å². The fourth-order valence-corrected chi connectivity index (χ4v) is 2.13. The van der Waals surface area contributed by atoms with Gasteiger partial charge in [-0.3, -0.25) is 0 Å². The molecule has 0 aliphatic rings. The van der Waals surface area contributed by atoms with Gasteiger partial charge in [0.15, 0.2) is 0 Å². The molecular formula is C16H22N4. The Labute approximate surface area is 120 Å². The second-order valence-corrected chi connectivity index (χ2v) is 5.48. The Morgan fingerprint density at radius 3 is 2.60 bits per heavy atom. The molecule has 20 heavy (non-hydrogen) atoms. The number of hydrogen-bond acceptors (Lipinski definition) is 4. The van der Waals surface area contributed by atoms with Crippen LogP contribution in [0, 0.1) is 0 Å². The third-order valence-corrected chi connectivity index (χ3v) is 2.88. The molecule has 2 rings (SSSR count). The summed E-state index contributed by atoms with van der Waals surface area (Å²) in [4.78, 5) is 10.8. The average Bonchev–Trinajstić information content (AvgIpc) is 2.38. The predicted molar refractivity (Wildman–Crippen MR) is 83.6 cm³/mol. The van der Waals surface area contributed by atoms with E-state index >= 15 is 0 Å². The highest BCUT2D eigenvalue weighted by atomic mass is 15.1. The first kappa shape index (κ1) is 14.5. The highest BCUT2D eigenvalue weighted by Crippen LogP contribution is 2.24. The molecule has 0 saturated heterocycles. The van der Waals surface area contributed by atoms with Gasteiger partial charge in [-0.25, -0.2) is 9.97 Å². The Hall–Kier alpha value is -1.94. The molecule has 1 aromatic carbocycles. The lowest BCUT2D eigenvalue weighted by molar-refractivity contribution is 0.403. The van der Waals surface area contributed by atoms with Crippen LogP contribution in [0.15, 0.2) is 36.7 Å². The van der Waals surface area contributed by atoms with E-state index in [1.165, 1.54) is 5.56 Å². The Kier molecular flexibility index (Phi) is 4.69. The van der Waals surface area contributed by atoms with Gasteiger partial charge in [-0.15, -0.1) is 0 Å². The van der Waals surface area contributed by atoms with E-state index in [-0.39, 0.29) is 0 Å². The van der Waals surface area contributed by atoms with Crippen LogP contribution < -0.4 is 5.32 Å². The quantitative estimate of drug-likeness (QED) is 0.906. The van der Waals surface area contributed by atoms with Crippen molar-refractivity contribution in [2.75, 3.05) is 19.4 Å². The summed E-state index contributed by atoms with van der Waals surface area (Å²) in [5, 5.41) is 3.31. The van der Waals surface area contributed by atoms with Crippen LogP contribution in [0.25, 0.3) is 11.3 Å². The Morgan fingerprint density at radius 2 is 1.90 bits per heavy atom. The van der Waals surface area contributed by atoms with Gasteiger partial charge in [0.2, 0.25) is 0 Å². The van der Waals surface area contributed by atoms with E-state index in [1.807, 2.05) is 12.1 Å². The van der Waals surface area contributed by atoms with E-state index in [2.05, 4.69) is 66.3 Å². The highest BCUT2D eigenvalue weighted by molar-refractivity contribution is 5.66. The topological polar surface area (TPSA) is 41.0 Å². The van der Waals surface area contributed by atoms with Crippen LogP contribution >= 0.6 is 0 Å². The van der Waals surface area contributed by atoms with E-state index in [4.69, 9.17) is 0 Å². The van der Waals surface area contributed by atoms with E-state index in [1.54, 1.807) is 6.33 Å². The molecule has 0 fully saturated rings. The molecule has 0 aliphatic heterocycles. The van der Waals surface area contributed by atoms with Crippen LogP contribution in [0.2, 0.25) is 0 Å². The van der Waals surface area contributed by atoms with Crippen molar-refractivity contribution in [3.05, 3.63) is 42.2 Å². The fourth-order valence-electron chi connectivity index (χ4n) is 2.13. The molecule has 0 amide bonds. The van der Waals surface area contributed by atoms with Gasteiger partial charge in [-0.1, -0.05) is 24.3 Å². The summed E-state index contributed by atoms with van der Waals surface area (Å²) in [5.41, 5.74) is 3.39. The molecule has 0 spiro atoms. The smallest absolute Gasteiger partial charge is 0.130 e. The minimum absolute atomic E-state index is 0.356. The van der Waals surface area contributed by atoms with Crippen LogP contribution in [0.3, 0.4) is 0 Å². The van der Waals surface area contributed by atoms with Gasteiger partial charge in [0.25, 0.3) is 0 Å². The van der Waals surface area contributed by atoms with E-state index in [0.29, 0.717) is 6.04 Å². The van der Waals surface area contributed by atoms with E-state index < -0.39 is 0 Å². The standard InChI is InChI=1S/C16H22N4/c1-12(2)19-16-9-15(17-11-18-16)14-8-6-5-7-13(14)10-20(3)4/h5-9,11-12H,10H2,1-4H3,(H,17,18,19). The van der Waals surface area contributed by atoms with Gasteiger partial charge in [-0.05, 0) is 33.5 Å². The van der Waals surface area contributed by atoms with Gasteiger partial charge in [0.1, 0.15) is 12.1 Å². The highest BCUT2D eigenvalue weighted by Gasteiger charge is 2.08. The zero-order valence-corrected chi connectivity index (χ0v) is 12.6. The molecule has 4 nitrogen and oxygen atoms in total. The van der Waals surface area contributed by atoms with Crippen molar-refractivity contribution in [2.24, 2.45) is 0 Å². The first-order valence-corrected chi connectivity index (χ1v) is 6.88. The van der Waals surface area contributed by atoms with Gasteiger partial charge in [-0.2, -0.15) is 0 Å². The SMILES string of the molecule is CC(C)Nc1cc(-c2ccccc2CN(C)C)ncn1. The minimum Gasteiger partial charge on any atom is -0.368 e. The lowest BCUT2D eigenvalue weighted by Gasteiger charge is -2.14. The summed E-state index contributed by atoms with van der Waals surface area (Å²) in [7, 11) is 4.14. The summed E-state index contributed by atoms with van der Waals surface area (Å²) in [6.07, 6.45) is 1.62. The van der Waals surface area contributed by atoms with Gasteiger partial charge < -0.3 is 10.2 Å². The van der Waals surface area contributed by atoms with Crippen molar-refractivity contribution in [3.63, 3.8) is 0 Å². The van der Waals surface area contributed by atoms with E-state index in [0.717, 1.165) is 23.6 Å². The predicted octanol–water partition coefficient (Wildman–Crippen LogP) is 3.03. The zero-order valence-electron chi connectivity index (χ0n) is 12.6. The van der Waals surface area contributed by atoms with Crippen molar-refractivity contribution in [3.8, 4) is 11.3 Å². The zero-order chi connectivity index (χ0) is 14.5. The maximum atomic E-state index is 4.42. The third-order valence-electron chi connectivity index (χ3n) is 2.88. The normalized spacial score (nSPS) is 11.1. The van der Waals surface area contributed by atoms with Crippen LogP contribution in [0.5, 0.6) is 0 Å². The molecule has 0 atom stereocenters. The second kappa shape index (κ2) is 6.48. The minimum atomic E-state index is 0.356. The van der Waals surface area contributed by atoms with Crippen molar-refractivity contribution in [2.45, 2.75) is 26.4 Å². The summed E-state index contributed by atoms with van der Waals surface area (Å²) in [6, 6.07) is 10.7. The fraction of sp³-hybridized carbons (Fsp3) is 0.375. The van der Waals surface area contributed by atoms with E-state index in [9.17, 15) is 0 Å². The molecule has 1 N–H and O–H groups in total. The maximum Gasteiger partial charge on any atom is 0.130 e. The molecule has 0 bridgehead atoms. The van der Waals surface area contributed by atoms with Crippen molar-refractivity contribution in [1.29, 1.82) is 0 Å². The molecule has 1 aromatic heterocycles. The van der Waals surface area contributed by atoms with Gasteiger partial charge in [0.05, 0.1) is 5.69 Å². The number of hydrogen-bond donors (Lipinski definition) is 1. The first-order valence-electron chi connectivity index (χ1n) is 6.88. The largest absolute Gasteiger partial charge is 0.368 e. The Bertz CT molecular complexity index is 564. The summed E-state index contributed by atoms with van der Waals surface area (Å²) in [6.45, 7) is 5.09. The average molecular weight is 270 g/mol. The number of nitrogens with one attached hydrogen (secondary N) is 1. The first-order chi connectivity index (χ1) is 9.56. The number of rotatable bonds is 5. The van der Waals surface area contributed by atoms with Gasteiger partial charge in [0, 0.05) is 24.2 Å². The van der Waals surface area contributed by atoms with Crippen molar-refractivity contribution in [1.82, 2.24) is 14.9 Å². The van der Waals surface area contributed by atoms with Crippen LogP contribution in [-0.2, 0) is 6.54 Å². The van der Waals surface area contributed by atoms with Crippen molar-refractivity contribution >= 4 is 5.82 Å². The summed E-state index contributed by atoms with van der Waals surface area (Å²) < 4.78 is 0. The number of anilines is 1. The monoisotopic (exact) mass is 270 g/mol. The molecule has 2 aromatic rings. The van der Waals surface area contributed by atoms with Crippen LogP contribution in [0.1, 0.15) is 19.4 Å². The summed E-state index contributed by atoms with van der Waals surface area (Å²) >= 11 is 0. The lowest BCUT2D eigenvalue weighted by atomic mass is 10.0. The molecular weight excluding hydrogens is 248 g/mol. The second-order valence-electron chi connectivity index (χ2n) is 5.48. The van der Waals surface area contributed by atoms with Crippen LogP contribution in [-0.4, -0.2) is 35.0 Å². The molecule has 106 valence electrons. The molecule has 0 saturated carbocycles. The number of nitrogens with zero attached hydrogens (tertiary/aromatic N) is 3. The Balaban J connectivity index is 2.36. The maximum absolute atomic E-state index is 4.42. The number of aromatic nitrogens is 2. The van der Waals surface area contributed by atoms with Crippen molar-refractivity contribution < 1.29 is 0 Å². The Morgan fingerprint density at radius 1 is 1.15 bits per heavy atom. The lowest BCUT2D eigenvalue weighted by Crippen LogP contribution is -2.12. The summed E-state index contributed by atoms with van der Waals surface area (Å²) in [5.74, 6) is 0.865. The number of benzene rings is 1. The van der Waals surface area contributed by atoms with Gasteiger partial charge >= 0.3 is 0 Å². The molecule has 4 heteroatoms. The molecule has 0 unspecified atom stereocenters. The third kappa shape index (κ3) is 3.78.